The third-order valence-corrected chi connectivity index (χ3v) is 3.22. The van der Waals surface area contributed by atoms with Gasteiger partial charge in [-0.15, -0.1) is 0 Å². The zero-order valence-electron chi connectivity index (χ0n) is 12.1. The van der Waals surface area contributed by atoms with E-state index in [1.54, 1.807) is 0 Å². The predicted molar refractivity (Wildman–Crippen MR) is 73.0 cm³/mol. The highest BCUT2D eigenvalue weighted by molar-refractivity contribution is 5.01. The molecular formula is C14H27N3. The molecule has 0 spiro atoms. The van der Waals surface area contributed by atoms with Crippen LogP contribution in [0.3, 0.4) is 0 Å². The largest absolute Gasteiger partial charge is 0.314 e. The fourth-order valence-corrected chi connectivity index (χ4v) is 1.89. The van der Waals surface area contributed by atoms with E-state index in [1.165, 1.54) is 5.69 Å². The van der Waals surface area contributed by atoms with Crippen molar-refractivity contribution in [3.63, 3.8) is 0 Å². The standard InChI is InChI=1S/C14H27N3/c1-11(2)15-10-12(14(3,4)5)9-13-7-8-17(6)16-13/h7-8,11-12,15H,9-10H2,1-6H3. The lowest BCUT2D eigenvalue weighted by atomic mass is 9.78. The molecule has 1 unspecified atom stereocenters. The van der Waals surface area contributed by atoms with Crippen molar-refractivity contribution in [2.24, 2.45) is 18.4 Å². The van der Waals surface area contributed by atoms with Crippen LogP contribution >= 0.6 is 0 Å². The van der Waals surface area contributed by atoms with E-state index >= 15 is 0 Å². The van der Waals surface area contributed by atoms with Gasteiger partial charge in [0.15, 0.2) is 0 Å². The van der Waals surface area contributed by atoms with E-state index in [0.29, 0.717) is 17.4 Å². The Kier molecular flexibility index (Phi) is 4.75. The van der Waals surface area contributed by atoms with E-state index in [0.717, 1.165) is 13.0 Å². The maximum atomic E-state index is 4.48. The second kappa shape index (κ2) is 5.67. The first-order valence-electron chi connectivity index (χ1n) is 6.51. The minimum Gasteiger partial charge on any atom is -0.314 e. The molecule has 0 radical (unpaired) electrons. The Morgan fingerprint density at radius 2 is 2.00 bits per heavy atom. The molecule has 3 heteroatoms. The van der Waals surface area contributed by atoms with E-state index in [2.05, 4.69) is 51.1 Å². The van der Waals surface area contributed by atoms with Gasteiger partial charge in [-0.2, -0.15) is 5.10 Å². The van der Waals surface area contributed by atoms with E-state index in [-0.39, 0.29) is 0 Å². The maximum Gasteiger partial charge on any atom is 0.0627 e. The Bertz CT molecular complexity index is 333. The van der Waals surface area contributed by atoms with E-state index in [1.807, 2.05) is 17.9 Å². The number of aromatic nitrogens is 2. The molecule has 0 amide bonds. The molecule has 1 N–H and O–H groups in total. The fraction of sp³-hybridized carbons (Fsp3) is 0.786. The Labute approximate surface area is 106 Å². The minimum absolute atomic E-state index is 0.305. The van der Waals surface area contributed by atoms with Gasteiger partial charge in [0.2, 0.25) is 0 Å². The number of aryl methyl sites for hydroxylation is 1. The Morgan fingerprint density at radius 3 is 2.41 bits per heavy atom. The molecule has 1 aromatic rings. The topological polar surface area (TPSA) is 29.9 Å². The van der Waals surface area contributed by atoms with Crippen LogP contribution in [0.1, 0.15) is 40.3 Å². The van der Waals surface area contributed by atoms with Crippen molar-refractivity contribution < 1.29 is 0 Å². The molecule has 0 fully saturated rings. The Hall–Kier alpha value is -0.830. The molecule has 0 aliphatic carbocycles. The summed E-state index contributed by atoms with van der Waals surface area (Å²) in [5.74, 6) is 0.611. The zero-order chi connectivity index (χ0) is 13.1. The van der Waals surface area contributed by atoms with Crippen LogP contribution in [0.15, 0.2) is 12.3 Å². The number of nitrogens with one attached hydrogen (secondary N) is 1. The van der Waals surface area contributed by atoms with Gasteiger partial charge >= 0.3 is 0 Å². The smallest absolute Gasteiger partial charge is 0.0627 e. The summed E-state index contributed by atoms with van der Waals surface area (Å²) in [6, 6.07) is 2.66. The van der Waals surface area contributed by atoms with Crippen LogP contribution in [0.4, 0.5) is 0 Å². The zero-order valence-corrected chi connectivity index (χ0v) is 12.1. The molecule has 1 atom stereocenters. The first-order valence-corrected chi connectivity index (χ1v) is 6.51. The molecule has 0 aliphatic rings. The number of hydrogen-bond acceptors (Lipinski definition) is 2. The molecule has 1 rings (SSSR count). The molecule has 3 nitrogen and oxygen atoms in total. The van der Waals surface area contributed by atoms with Crippen molar-refractivity contribution in [2.45, 2.75) is 47.1 Å². The van der Waals surface area contributed by atoms with E-state index < -0.39 is 0 Å². The van der Waals surface area contributed by atoms with Crippen LogP contribution in [0, 0.1) is 11.3 Å². The lowest BCUT2D eigenvalue weighted by molar-refractivity contribution is 0.224. The van der Waals surface area contributed by atoms with Gasteiger partial charge in [0.05, 0.1) is 5.69 Å². The second-order valence-corrected chi connectivity index (χ2v) is 6.31. The molecule has 0 saturated heterocycles. The number of rotatable bonds is 5. The summed E-state index contributed by atoms with van der Waals surface area (Å²) < 4.78 is 1.88. The monoisotopic (exact) mass is 237 g/mol. The van der Waals surface area contributed by atoms with Crippen molar-refractivity contribution in [3.05, 3.63) is 18.0 Å². The summed E-state index contributed by atoms with van der Waals surface area (Å²) in [4.78, 5) is 0. The maximum absolute atomic E-state index is 4.48. The Balaban J connectivity index is 2.64. The SMILES string of the molecule is CC(C)NCC(Cc1ccn(C)n1)C(C)(C)C. The van der Waals surface area contributed by atoms with E-state index in [9.17, 15) is 0 Å². The molecular weight excluding hydrogens is 210 g/mol. The molecule has 0 aliphatic heterocycles. The first-order chi connectivity index (χ1) is 7.79. The van der Waals surface area contributed by atoms with Gasteiger partial charge in [-0.05, 0) is 30.4 Å². The summed E-state index contributed by atoms with van der Waals surface area (Å²) >= 11 is 0. The summed E-state index contributed by atoms with van der Waals surface area (Å²) in [7, 11) is 1.97. The van der Waals surface area contributed by atoms with Crippen LogP contribution in [0.2, 0.25) is 0 Å². The van der Waals surface area contributed by atoms with Gasteiger partial charge in [-0.3, -0.25) is 4.68 Å². The van der Waals surface area contributed by atoms with Crippen LogP contribution < -0.4 is 5.32 Å². The molecule has 0 bridgehead atoms. The van der Waals surface area contributed by atoms with Crippen molar-refractivity contribution >= 4 is 0 Å². The van der Waals surface area contributed by atoms with Crippen molar-refractivity contribution in [1.82, 2.24) is 15.1 Å². The first kappa shape index (κ1) is 14.2. The van der Waals surface area contributed by atoms with Gasteiger partial charge in [-0.1, -0.05) is 34.6 Å². The van der Waals surface area contributed by atoms with Crippen molar-refractivity contribution in [2.75, 3.05) is 6.54 Å². The molecule has 0 saturated carbocycles. The average Bonchev–Trinajstić information content (AvgIpc) is 2.56. The molecule has 0 aromatic carbocycles. The predicted octanol–water partition coefficient (Wildman–Crippen LogP) is 2.62. The lowest BCUT2D eigenvalue weighted by Gasteiger charge is -2.31. The summed E-state index contributed by atoms with van der Waals surface area (Å²) in [6.07, 6.45) is 3.06. The van der Waals surface area contributed by atoms with Gasteiger partial charge in [-0.25, -0.2) is 0 Å². The average molecular weight is 237 g/mol. The normalized spacial score (nSPS) is 14.3. The quantitative estimate of drug-likeness (QED) is 0.853. The number of hydrogen-bond donors (Lipinski definition) is 1. The van der Waals surface area contributed by atoms with Crippen LogP contribution in [-0.2, 0) is 13.5 Å². The second-order valence-electron chi connectivity index (χ2n) is 6.31. The van der Waals surface area contributed by atoms with Gasteiger partial charge in [0, 0.05) is 19.3 Å². The highest BCUT2D eigenvalue weighted by Gasteiger charge is 2.25. The summed E-state index contributed by atoms with van der Waals surface area (Å²) in [6.45, 7) is 12.4. The Morgan fingerprint density at radius 1 is 1.35 bits per heavy atom. The minimum atomic E-state index is 0.305. The molecule has 17 heavy (non-hydrogen) atoms. The highest BCUT2D eigenvalue weighted by atomic mass is 15.2. The van der Waals surface area contributed by atoms with Crippen molar-refractivity contribution in [1.29, 1.82) is 0 Å². The van der Waals surface area contributed by atoms with Gasteiger partial charge < -0.3 is 5.32 Å². The molecule has 1 aromatic heterocycles. The third kappa shape index (κ3) is 4.90. The van der Waals surface area contributed by atoms with Crippen molar-refractivity contribution in [3.8, 4) is 0 Å². The van der Waals surface area contributed by atoms with Crippen LogP contribution in [0.5, 0.6) is 0 Å². The molecule has 1 heterocycles. The van der Waals surface area contributed by atoms with E-state index in [4.69, 9.17) is 0 Å². The molecule has 98 valence electrons. The summed E-state index contributed by atoms with van der Waals surface area (Å²) in [5, 5.41) is 8.02. The van der Waals surface area contributed by atoms with Gasteiger partial charge in [0.25, 0.3) is 0 Å². The third-order valence-electron chi connectivity index (χ3n) is 3.22. The highest BCUT2D eigenvalue weighted by Crippen LogP contribution is 2.28. The number of nitrogens with zero attached hydrogens (tertiary/aromatic N) is 2. The lowest BCUT2D eigenvalue weighted by Crippen LogP contribution is -2.36. The fourth-order valence-electron chi connectivity index (χ4n) is 1.89. The van der Waals surface area contributed by atoms with Crippen LogP contribution in [0.25, 0.3) is 0 Å². The van der Waals surface area contributed by atoms with Gasteiger partial charge in [0.1, 0.15) is 0 Å². The summed E-state index contributed by atoms with van der Waals surface area (Å²) in [5.41, 5.74) is 1.50. The van der Waals surface area contributed by atoms with Crippen LogP contribution in [-0.4, -0.2) is 22.4 Å².